The van der Waals surface area contributed by atoms with Crippen LogP contribution in [0.4, 0.5) is 11.4 Å². The maximum atomic E-state index is 6.24. The lowest BCUT2D eigenvalue weighted by Crippen LogP contribution is -2.08. The lowest BCUT2D eigenvalue weighted by Gasteiger charge is -2.12. The van der Waals surface area contributed by atoms with Crippen molar-refractivity contribution in [2.75, 3.05) is 0 Å². The number of hydrogen-bond acceptors (Lipinski definition) is 3. The van der Waals surface area contributed by atoms with E-state index in [2.05, 4.69) is 17.2 Å². The normalized spacial score (nSPS) is 12.4. The summed E-state index contributed by atoms with van der Waals surface area (Å²) < 4.78 is 5.73. The molecular formula is C20H25ClN2O. The highest BCUT2D eigenvalue weighted by Gasteiger charge is 2.06. The van der Waals surface area contributed by atoms with Crippen LogP contribution in [0.25, 0.3) is 0 Å². The van der Waals surface area contributed by atoms with Gasteiger partial charge in [-0.15, -0.1) is 0 Å². The minimum absolute atomic E-state index is 0.275. The van der Waals surface area contributed by atoms with Crippen LogP contribution < -0.4 is 4.74 Å². The number of ether oxygens (including phenoxy) is 1. The van der Waals surface area contributed by atoms with Gasteiger partial charge in [-0.1, -0.05) is 62.4 Å². The van der Waals surface area contributed by atoms with Crippen molar-refractivity contribution in [2.24, 2.45) is 10.2 Å². The van der Waals surface area contributed by atoms with E-state index in [1.54, 1.807) is 0 Å². The first-order valence-electron chi connectivity index (χ1n) is 8.65. The van der Waals surface area contributed by atoms with Crippen LogP contribution in [0, 0.1) is 0 Å². The molecule has 2 rings (SSSR count). The highest BCUT2D eigenvalue weighted by Crippen LogP contribution is 2.23. The second kappa shape index (κ2) is 10.8. The molecule has 0 saturated carbocycles. The minimum atomic E-state index is -0.275. The Morgan fingerprint density at radius 1 is 0.833 bits per heavy atom. The second-order valence-corrected chi connectivity index (χ2v) is 6.25. The molecule has 0 radical (unpaired) electrons. The molecule has 0 amide bonds. The maximum Gasteiger partial charge on any atom is 0.172 e. The summed E-state index contributed by atoms with van der Waals surface area (Å²) >= 11 is 6.24. The number of azo groups is 1. The summed E-state index contributed by atoms with van der Waals surface area (Å²) in [4.78, 5) is 0. The van der Waals surface area contributed by atoms with Gasteiger partial charge in [-0.05, 0) is 49.2 Å². The highest BCUT2D eigenvalue weighted by molar-refractivity contribution is 6.19. The number of unbranched alkanes of at least 4 members (excludes halogenated alkanes) is 4. The molecule has 0 bridgehead atoms. The van der Waals surface area contributed by atoms with Crippen molar-refractivity contribution in [3.05, 3.63) is 54.6 Å². The van der Waals surface area contributed by atoms with E-state index in [0.717, 1.165) is 30.0 Å². The summed E-state index contributed by atoms with van der Waals surface area (Å²) in [6, 6.07) is 17.2. The van der Waals surface area contributed by atoms with Gasteiger partial charge in [0.05, 0.1) is 11.4 Å². The molecule has 0 heterocycles. The Kier molecular flexibility index (Phi) is 8.33. The predicted molar refractivity (Wildman–Crippen MR) is 101 cm³/mol. The number of hydrogen-bond donors (Lipinski definition) is 0. The smallest absolute Gasteiger partial charge is 0.172 e. The zero-order valence-corrected chi connectivity index (χ0v) is 15.0. The fourth-order valence-corrected chi connectivity index (χ4v) is 2.57. The van der Waals surface area contributed by atoms with E-state index < -0.39 is 0 Å². The summed E-state index contributed by atoms with van der Waals surface area (Å²) in [7, 11) is 0. The summed E-state index contributed by atoms with van der Waals surface area (Å²) in [5.41, 5.74) is 1.35. The first-order valence-corrected chi connectivity index (χ1v) is 9.09. The van der Waals surface area contributed by atoms with E-state index >= 15 is 0 Å². The highest BCUT2D eigenvalue weighted by atomic mass is 35.5. The maximum absolute atomic E-state index is 6.24. The van der Waals surface area contributed by atoms with Gasteiger partial charge in [-0.3, -0.25) is 0 Å². The Morgan fingerprint density at radius 3 is 2.12 bits per heavy atom. The molecule has 2 aromatic carbocycles. The fraction of sp³-hybridized carbons (Fsp3) is 0.400. The van der Waals surface area contributed by atoms with E-state index in [1.165, 1.54) is 25.7 Å². The SMILES string of the molecule is CCCCCCCC(Cl)Oc1ccc(N=Nc2ccccc2)cc1. The molecule has 128 valence electrons. The van der Waals surface area contributed by atoms with Gasteiger partial charge in [0.25, 0.3) is 0 Å². The standard InChI is InChI=1S/C20H25ClN2O/c1-2-3-4-5-9-12-20(21)24-19-15-13-18(14-16-19)23-22-17-10-7-6-8-11-17/h6-8,10-11,13-16,20H,2-5,9,12H2,1H3. The van der Waals surface area contributed by atoms with Gasteiger partial charge in [0.2, 0.25) is 0 Å². The Balaban J connectivity index is 1.76. The van der Waals surface area contributed by atoms with Gasteiger partial charge >= 0.3 is 0 Å². The van der Waals surface area contributed by atoms with E-state index in [-0.39, 0.29) is 5.56 Å². The number of nitrogens with zero attached hydrogens (tertiary/aromatic N) is 2. The van der Waals surface area contributed by atoms with Crippen LogP contribution in [0.2, 0.25) is 0 Å². The average Bonchev–Trinajstić information content (AvgIpc) is 2.62. The molecule has 4 heteroatoms. The summed E-state index contributed by atoms with van der Waals surface area (Å²) in [6.45, 7) is 2.22. The van der Waals surface area contributed by atoms with Crippen molar-refractivity contribution in [3.63, 3.8) is 0 Å². The molecule has 1 atom stereocenters. The molecular weight excluding hydrogens is 320 g/mol. The Labute approximate surface area is 149 Å². The molecule has 0 spiro atoms. The predicted octanol–water partition coefficient (Wildman–Crippen LogP) is 7.41. The van der Waals surface area contributed by atoms with Crippen LogP contribution in [0.3, 0.4) is 0 Å². The van der Waals surface area contributed by atoms with E-state index in [9.17, 15) is 0 Å². The van der Waals surface area contributed by atoms with Crippen LogP contribution in [-0.2, 0) is 0 Å². The average molecular weight is 345 g/mol. The van der Waals surface area contributed by atoms with Crippen LogP contribution in [-0.4, -0.2) is 5.56 Å². The first kappa shape index (κ1) is 18.5. The van der Waals surface area contributed by atoms with Crippen molar-refractivity contribution in [1.29, 1.82) is 0 Å². The third-order valence-corrected chi connectivity index (χ3v) is 3.98. The van der Waals surface area contributed by atoms with Gasteiger partial charge in [-0.25, -0.2) is 0 Å². The third kappa shape index (κ3) is 7.14. The van der Waals surface area contributed by atoms with Crippen LogP contribution >= 0.6 is 11.6 Å². The summed E-state index contributed by atoms with van der Waals surface area (Å²) in [5, 5.41) is 8.40. The number of halogens is 1. The Morgan fingerprint density at radius 2 is 1.46 bits per heavy atom. The first-order chi connectivity index (χ1) is 11.8. The van der Waals surface area contributed by atoms with Crippen molar-refractivity contribution in [3.8, 4) is 5.75 Å². The number of rotatable bonds is 10. The molecule has 0 saturated heterocycles. The van der Waals surface area contributed by atoms with Gasteiger partial charge in [-0.2, -0.15) is 10.2 Å². The molecule has 0 aliphatic rings. The molecule has 0 aliphatic carbocycles. The van der Waals surface area contributed by atoms with Crippen molar-refractivity contribution in [2.45, 2.75) is 51.0 Å². The molecule has 2 aromatic rings. The molecule has 0 aliphatic heterocycles. The lowest BCUT2D eigenvalue weighted by molar-refractivity contribution is 0.264. The number of alkyl halides is 1. The zero-order chi connectivity index (χ0) is 17.0. The summed E-state index contributed by atoms with van der Waals surface area (Å²) in [5.74, 6) is 0.766. The molecule has 3 nitrogen and oxygen atoms in total. The third-order valence-electron chi connectivity index (χ3n) is 3.67. The minimum Gasteiger partial charge on any atom is -0.475 e. The van der Waals surface area contributed by atoms with E-state index in [4.69, 9.17) is 16.3 Å². The summed E-state index contributed by atoms with van der Waals surface area (Å²) in [6.07, 6.45) is 7.04. The van der Waals surface area contributed by atoms with Gasteiger partial charge < -0.3 is 4.74 Å². The lowest BCUT2D eigenvalue weighted by atomic mass is 10.1. The molecule has 0 aromatic heterocycles. The molecule has 0 N–H and O–H groups in total. The van der Waals surface area contributed by atoms with E-state index in [1.807, 2.05) is 54.6 Å². The van der Waals surface area contributed by atoms with Gasteiger partial charge in [0, 0.05) is 0 Å². The molecule has 24 heavy (non-hydrogen) atoms. The van der Waals surface area contributed by atoms with Crippen LogP contribution in [0.15, 0.2) is 64.8 Å². The van der Waals surface area contributed by atoms with Crippen LogP contribution in [0.5, 0.6) is 5.75 Å². The van der Waals surface area contributed by atoms with Gasteiger partial charge in [0.15, 0.2) is 5.56 Å². The van der Waals surface area contributed by atoms with Crippen molar-refractivity contribution >= 4 is 23.0 Å². The number of benzene rings is 2. The van der Waals surface area contributed by atoms with Gasteiger partial charge in [0.1, 0.15) is 5.75 Å². The second-order valence-electron chi connectivity index (χ2n) is 5.76. The monoisotopic (exact) mass is 344 g/mol. The van der Waals surface area contributed by atoms with E-state index in [0.29, 0.717) is 0 Å². The quantitative estimate of drug-likeness (QED) is 0.251. The Bertz CT molecular complexity index is 599. The Hall–Kier alpha value is -1.87. The zero-order valence-electron chi connectivity index (χ0n) is 14.2. The van der Waals surface area contributed by atoms with Crippen LogP contribution in [0.1, 0.15) is 45.4 Å². The van der Waals surface area contributed by atoms with Crippen molar-refractivity contribution < 1.29 is 4.74 Å². The van der Waals surface area contributed by atoms with Crippen molar-refractivity contribution in [1.82, 2.24) is 0 Å². The fourth-order valence-electron chi connectivity index (χ4n) is 2.32. The largest absolute Gasteiger partial charge is 0.475 e. The molecule has 0 fully saturated rings. The topological polar surface area (TPSA) is 34.0 Å². The molecule has 1 unspecified atom stereocenters.